The first-order valence-electron chi connectivity index (χ1n) is 8.11. The van der Waals surface area contributed by atoms with Gasteiger partial charge in [0.2, 0.25) is 5.67 Å². The minimum atomic E-state index is -2.49. The van der Waals surface area contributed by atoms with Crippen molar-refractivity contribution in [1.29, 1.82) is 0 Å². The minimum Gasteiger partial charge on any atom is -0.393 e. The lowest BCUT2D eigenvalue weighted by Crippen LogP contribution is -2.49. The highest BCUT2D eigenvalue weighted by Crippen LogP contribution is 2.45. The van der Waals surface area contributed by atoms with E-state index in [1.54, 1.807) is 0 Å². The van der Waals surface area contributed by atoms with Gasteiger partial charge in [-0.3, -0.25) is 9.78 Å². The molecule has 0 bridgehead atoms. The number of pyridine rings is 1. The van der Waals surface area contributed by atoms with Crippen LogP contribution >= 0.6 is 23.2 Å². The zero-order chi connectivity index (χ0) is 19.8. The Bertz CT molecular complexity index is 876. The summed E-state index contributed by atoms with van der Waals surface area (Å²) in [6.45, 7) is -0.994. The molecule has 27 heavy (non-hydrogen) atoms. The Morgan fingerprint density at radius 1 is 1.33 bits per heavy atom. The number of hydrogen-bond donors (Lipinski definition) is 3. The average Bonchev–Trinajstić information content (AvgIpc) is 2.64. The van der Waals surface area contributed by atoms with Crippen molar-refractivity contribution in [2.24, 2.45) is 0 Å². The molecule has 2 atom stereocenters. The fraction of sp³-hybridized carbons (Fsp3) is 0.333. The maximum Gasteiger partial charge on any atom is 0.262 e. The number of nitrogens with zero attached hydrogens (tertiary/aromatic N) is 1. The van der Waals surface area contributed by atoms with E-state index in [-0.39, 0.29) is 46.3 Å². The number of carbonyl (C=O) groups is 1. The molecule has 5 nitrogen and oxygen atoms in total. The van der Waals surface area contributed by atoms with Gasteiger partial charge in [-0.2, -0.15) is 0 Å². The fourth-order valence-corrected chi connectivity index (χ4v) is 3.70. The highest BCUT2D eigenvalue weighted by Gasteiger charge is 2.51. The summed E-state index contributed by atoms with van der Waals surface area (Å²) in [4.78, 5) is 16.5. The van der Waals surface area contributed by atoms with Crippen LogP contribution in [0.2, 0.25) is 10.0 Å². The molecular weight excluding hydrogens is 401 g/mol. The number of carbonyl (C=O) groups excluding carboxylic acids is 1. The van der Waals surface area contributed by atoms with Gasteiger partial charge in [-0.25, -0.2) is 8.78 Å². The van der Waals surface area contributed by atoms with E-state index < -0.39 is 29.6 Å². The number of alkyl halides is 1. The zero-order valence-electron chi connectivity index (χ0n) is 14.0. The van der Waals surface area contributed by atoms with Crippen molar-refractivity contribution in [3.05, 3.63) is 63.1 Å². The summed E-state index contributed by atoms with van der Waals surface area (Å²) in [5.74, 6) is -1.73. The summed E-state index contributed by atoms with van der Waals surface area (Å²) < 4.78 is 29.6. The van der Waals surface area contributed by atoms with Crippen LogP contribution < -0.4 is 5.32 Å². The van der Waals surface area contributed by atoms with E-state index in [0.717, 1.165) is 6.07 Å². The first kappa shape index (κ1) is 19.9. The largest absolute Gasteiger partial charge is 0.393 e. The second kappa shape index (κ2) is 7.31. The third-order valence-corrected chi connectivity index (χ3v) is 5.27. The molecule has 0 spiro atoms. The van der Waals surface area contributed by atoms with Crippen LogP contribution in [0.1, 0.15) is 29.7 Å². The van der Waals surface area contributed by atoms with Crippen LogP contribution in [0.3, 0.4) is 0 Å². The van der Waals surface area contributed by atoms with Gasteiger partial charge in [0.15, 0.2) is 0 Å². The second-order valence-electron chi connectivity index (χ2n) is 6.42. The Balaban J connectivity index is 1.88. The maximum atomic E-state index is 15.6. The molecule has 3 N–H and O–H groups in total. The number of fused-ring (bicyclic) bond motifs is 1. The number of aliphatic hydroxyl groups is 2. The van der Waals surface area contributed by atoms with E-state index in [1.807, 2.05) is 0 Å². The molecule has 1 aliphatic carbocycles. The van der Waals surface area contributed by atoms with E-state index in [0.29, 0.717) is 0 Å². The van der Waals surface area contributed by atoms with Gasteiger partial charge in [0.05, 0.1) is 12.3 Å². The molecule has 1 aromatic carbocycles. The van der Waals surface area contributed by atoms with Crippen molar-refractivity contribution in [3.8, 4) is 0 Å². The molecule has 1 amide bonds. The molecule has 0 unspecified atom stereocenters. The molecule has 9 heteroatoms. The van der Waals surface area contributed by atoms with Gasteiger partial charge in [0, 0.05) is 33.9 Å². The molecule has 0 saturated carbocycles. The van der Waals surface area contributed by atoms with Gasteiger partial charge in [-0.15, -0.1) is 0 Å². The number of halogens is 4. The van der Waals surface area contributed by atoms with E-state index in [9.17, 15) is 19.4 Å². The van der Waals surface area contributed by atoms with Gasteiger partial charge in [-0.05, 0) is 31.0 Å². The third-order valence-electron chi connectivity index (χ3n) is 4.71. The van der Waals surface area contributed by atoms with E-state index >= 15 is 4.39 Å². The Labute approximate surface area is 163 Å². The van der Waals surface area contributed by atoms with Crippen molar-refractivity contribution < 1.29 is 23.8 Å². The summed E-state index contributed by atoms with van der Waals surface area (Å²) in [6.07, 6.45) is 0.769. The van der Waals surface area contributed by atoms with E-state index in [4.69, 9.17) is 23.2 Å². The second-order valence-corrected chi connectivity index (χ2v) is 7.26. The van der Waals surface area contributed by atoms with Gasteiger partial charge >= 0.3 is 0 Å². The van der Waals surface area contributed by atoms with E-state index in [2.05, 4.69) is 10.3 Å². The van der Waals surface area contributed by atoms with Crippen LogP contribution in [-0.2, 0) is 22.6 Å². The number of aromatic nitrogens is 1. The summed E-state index contributed by atoms with van der Waals surface area (Å²) in [6, 6.07) is 5.12. The molecule has 3 rings (SSSR count). The Hall–Kier alpha value is -1.80. The number of amides is 1. The monoisotopic (exact) mass is 416 g/mol. The zero-order valence-corrected chi connectivity index (χ0v) is 15.5. The van der Waals surface area contributed by atoms with Crippen LogP contribution in [0.25, 0.3) is 0 Å². The highest BCUT2D eigenvalue weighted by atomic mass is 35.5. The van der Waals surface area contributed by atoms with Crippen molar-refractivity contribution in [2.45, 2.75) is 30.7 Å². The highest BCUT2D eigenvalue weighted by molar-refractivity contribution is 6.35. The van der Waals surface area contributed by atoms with Crippen molar-refractivity contribution in [1.82, 2.24) is 10.3 Å². The predicted octanol–water partition coefficient (Wildman–Crippen LogP) is 2.98. The Kier molecular flexibility index (Phi) is 5.40. The summed E-state index contributed by atoms with van der Waals surface area (Å²) in [5, 5.41) is 22.4. The van der Waals surface area contributed by atoms with Crippen LogP contribution in [0.4, 0.5) is 8.78 Å². The van der Waals surface area contributed by atoms with E-state index in [1.165, 1.54) is 24.4 Å². The SMILES string of the molecule is O=C(NCc1c(F)cc(Cl)cc1Cl)[C@]1(F)CC[C@](O)(CO)c2ncccc21. The number of aliphatic hydroxyl groups excluding tert-OH is 1. The van der Waals surface area contributed by atoms with Crippen molar-refractivity contribution in [2.75, 3.05) is 6.61 Å². The topological polar surface area (TPSA) is 82.5 Å². The van der Waals surface area contributed by atoms with Crippen LogP contribution in [0.5, 0.6) is 0 Å². The van der Waals surface area contributed by atoms with Crippen LogP contribution in [-0.4, -0.2) is 27.7 Å². The first-order valence-corrected chi connectivity index (χ1v) is 8.87. The Morgan fingerprint density at radius 2 is 2.07 bits per heavy atom. The lowest BCUT2D eigenvalue weighted by Gasteiger charge is -2.38. The predicted molar refractivity (Wildman–Crippen MR) is 95.5 cm³/mol. The number of rotatable bonds is 4. The number of nitrogens with one attached hydrogen (secondary N) is 1. The molecule has 1 heterocycles. The standard InChI is InChI=1S/C18H16Cl2F2N2O3/c19-10-6-13(20)11(14(21)7-10)8-24-16(26)18(22)4-3-17(27,9-25)15-12(18)2-1-5-23-15/h1-2,5-7,25,27H,3-4,8-9H2,(H,24,26)/t17-,18-/m0/s1. The van der Waals surface area contributed by atoms with Crippen LogP contribution in [0.15, 0.2) is 30.5 Å². The van der Waals surface area contributed by atoms with Gasteiger partial charge in [-0.1, -0.05) is 29.3 Å². The summed E-state index contributed by atoms with van der Waals surface area (Å²) in [7, 11) is 0. The van der Waals surface area contributed by atoms with Gasteiger partial charge in [0.25, 0.3) is 5.91 Å². The maximum absolute atomic E-state index is 15.6. The minimum absolute atomic E-state index is 0.00794. The Morgan fingerprint density at radius 3 is 2.74 bits per heavy atom. The summed E-state index contributed by atoms with van der Waals surface area (Å²) >= 11 is 11.6. The smallest absolute Gasteiger partial charge is 0.262 e. The van der Waals surface area contributed by atoms with Crippen molar-refractivity contribution in [3.63, 3.8) is 0 Å². The quantitative estimate of drug-likeness (QED) is 0.715. The molecule has 2 aromatic rings. The fourth-order valence-electron chi connectivity index (χ4n) is 3.17. The molecule has 0 fully saturated rings. The molecule has 0 radical (unpaired) electrons. The van der Waals surface area contributed by atoms with Gasteiger partial charge in [0.1, 0.15) is 11.4 Å². The third kappa shape index (κ3) is 3.52. The van der Waals surface area contributed by atoms with Crippen molar-refractivity contribution >= 4 is 29.1 Å². The molecule has 1 aliphatic rings. The molecular formula is C18H16Cl2F2N2O3. The first-order chi connectivity index (χ1) is 12.7. The molecule has 1 aromatic heterocycles. The van der Waals surface area contributed by atoms with Crippen LogP contribution in [0, 0.1) is 5.82 Å². The lowest BCUT2D eigenvalue weighted by molar-refractivity contribution is -0.138. The lowest BCUT2D eigenvalue weighted by atomic mass is 9.74. The average molecular weight is 417 g/mol. The summed E-state index contributed by atoms with van der Waals surface area (Å²) in [5.41, 5.74) is -4.45. The number of hydrogen-bond acceptors (Lipinski definition) is 4. The molecule has 0 saturated heterocycles. The molecule has 144 valence electrons. The van der Waals surface area contributed by atoms with Gasteiger partial charge < -0.3 is 15.5 Å². The number of benzene rings is 1. The molecule has 0 aliphatic heterocycles. The normalized spacial score (nSPS) is 24.4.